The van der Waals surface area contributed by atoms with Gasteiger partial charge in [-0.05, 0) is 60.9 Å². The van der Waals surface area contributed by atoms with Gasteiger partial charge in [-0.1, -0.05) is 11.6 Å². The van der Waals surface area contributed by atoms with Crippen LogP contribution in [0.15, 0.2) is 30.3 Å². The molecule has 2 aromatic carbocycles. The van der Waals surface area contributed by atoms with Crippen LogP contribution in [-0.2, 0) is 0 Å². The highest BCUT2D eigenvalue weighted by Gasteiger charge is 2.13. The molecule has 0 aliphatic heterocycles. The number of hydrogen-bond acceptors (Lipinski definition) is 2. The molecule has 104 valence electrons. The van der Waals surface area contributed by atoms with Crippen LogP contribution in [0.5, 0.6) is 5.75 Å². The van der Waals surface area contributed by atoms with E-state index >= 15 is 0 Å². The average Bonchev–Trinajstić information content (AvgIpc) is 2.41. The van der Waals surface area contributed by atoms with Crippen molar-refractivity contribution in [2.45, 2.75) is 13.8 Å². The molecule has 0 amide bonds. The highest BCUT2D eigenvalue weighted by Crippen LogP contribution is 2.34. The van der Waals surface area contributed by atoms with E-state index in [9.17, 15) is 4.79 Å². The standard InChI is InChI=1S/C16H15ClO3/c1-9-7-15(20-3)10(2)6-12(9)13-8-11(16(18)19)4-5-14(13)17/h4-8H,1-3H3,(H,18,19). The zero-order chi connectivity index (χ0) is 14.9. The topological polar surface area (TPSA) is 46.5 Å². The molecule has 0 aromatic heterocycles. The number of methoxy groups -OCH3 is 1. The predicted molar refractivity (Wildman–Crippen MR) is 79.9 cm³/mol. The fraction of sp³-hybridized carbons (Fsp3) is 0.188. The maximum atomic E-state index is 11.1. The molecule has 0 radical (unpaired) electrons. The van der Waals surface area contributed by atoms with Crippen LogP contribution < -0.4 is 4.74 Å². The number of halogens is 1. The van der Waals surface area contributed by atoms with Crippen LogP contribution in [-0.4, -0.2) is 18.2 Å². The second kappa shape index (κ2) is 5.55. The van der Waals surface area contributed by atoms with E-state index in [1.54, 1.807) is 19.2 Å². The first-order valence-corrected chi connectivity index (χ1v) is 6.50. The summed E-state index contributed by atoms with van der Waals surface area (Å²) >= 11 is 6.21. The normalized spacial score (nSPS) is 10.4. The van der Waals surface area contributed by atoms with E-state index in [1.807, 2.05) is 26.0 Å². The van der Waals surface area contributed by atoms with Crippen LogP contribution in [0.25, 0.3) is 11.1 Å². The van der Waals surface area contributed by atoms with Gasteiger partial charge in [0, 0.05) is 10.6 Å². The van der Waals surface area contributed by atoms with E-state index in [-0.39, 0.29) is 5.56 Å². The predicted octanol–water partition coefficient (Wildman–Crippen LogP) is 4.33. The summed E-state index contributed by atoms with van der Waals surface area (Å²) in [4.78, 5) is 11.1. The Morgan fingerprint density at radius 1 is 1.10 bits per heavy atom. The molecule has 0 fully saturated rings. The van der Waals surface area contributed by atoms with Gasteiger partial charge in [0.1, 0.15) is 5.75 Å². The van der Waals surface area contributed by atoms with Gasteiger partial charge in [-0.25, -0.2) is 4.79 Å². The molecule has 4 heteroatoms. The minimum atomic E-state index is -0.967. The maximum Gasteiger partial charge on any atom is 0.335 e. The van der Waals surface area contributed by atoms with Gasteiger partial charge in [0.05, 0.1) is 12.7 Å². The van der Waals surface area contributed by atoms with Crippen molar-refractivity contribution >= 4 is 17.6 Å². The minimum absolute atomic E-state index is 0.220. The Hall–Kier alpha value is -2.00. The number of aromatic carboxylic acids is 1. The molecule has 2 rings (SSSR count). The number of carbonyl (C=O) groups is 1. The van der Waals surface area contributed by atoms with Crippen molar-refractivity contribution in [1.82, 2.24) is 0 Å². The van der Waals surface area contributed by atoms with E-state index in [1.165, 1.54) is 6.07 Å². The van der Waals surface area contributed by atoms with Gasteiger partial charge in [-0.3, -0.25) is 0 Å². The van der Waals surface area contributed by atoms with Crippen LogP contribution in [0.3, 0.4) is 0 Å². The fourth-order valence-electron chi connectivity index (χ4n) is 2.16. The molecule has 0 aliphatic carbocycles. The molecule has 2 aromatic rings. The molecule has 0 unspecified atom stereocenters. The van der Waals surface area contributed by atoms with Gasteiger partial charge in [-0.15, -0.1) is 0 Å². The van der Waals surface area contributed by atoms with Gasteiger partial charge in [0.2, 0.25) is 0 Å². The maximum absolute atomic E-state index is 11.1. The first-order chi connectivity index (χ1) is 9.43. The number of ether oxygens (including phenoxy) is 1. The zero-order valence-corrected chi connectivity index (χ0v) is 12.3. The van der Waals surface area contributed by atoms with Crippen LogP contribution in [0.2, 0.25) is 5.02 Å². The summed E-state index contributed by atoms with van der Waals surface area (Å²) in [7, 11) is 1.62. The van der Waals surface area contributed by atoms with Crippen molar-refractivity contribution < 1.29 is 14.6 Å². The molecule has 0 heterocycles. The quantitative estimate of drug-likeness (QED) is 0.915. The van der Waals surface area contributed by atoms with Crippen LogP contribution in [0.1, 0.15) is 21.5 Å². The van der Waals surface area contributed by atoms with Crippen LogP contribution in [0.4, 0.5) is 0 Å². The van der Waals surface area contributed by atoms with Gasteiger partial charge < -0.3 is 9.84 Å². The summed E-state index contributed by atoms with van der Waals surface area (Å²) in [5.41, 5.74) is 3.81. The summed E-state index contributed by atoms with van der Waals surface area (Å²) < 4.78 is 5.28. The van der Waals surface area contributed by atoms with Gasteiger partial charge in [0.25, 0.3) is 0 Å². The van der Waals surface area contributed by atoms with Crippen molar-refractivity contribution in [3.8, 4) is 16.9 Å². The SMILES string of the molecule is COc1cc(C)c(-c2cc(C(=O)O)ccc2Cl)cc1C. The third-order valence-electron chi connectivity index (χ3n) is 3.25. The molecule has 0 spiro atoms. The molecule has 0 saturated heterocycles. The molecule has 3 nitrogen and oxygen atoms in total. The molecule has 20 heavy (non-hydrogen) atoms. The molecule has 0 bridgehead atoms. The van der Waals surface area contributed by atoms with Crippen molar-refractivity contribution in [2.24, 2.45) is 0 Å². The fourth-order valence-corrected chi connectivity index (χ4v) is 2.38. The summed E-state index contributed by atoms with van der Waals surface area (Å²) in [6.45, 7) is 3.89. The Balaban J connectivity index is 2.65. The van der Waals surface area contributed by atoms with E-state index < -0.39 is 5.97 Å². The summed E-state index contributed by atoms with van der Waals surface area (Å²) in [5, 5.41) is 9.62. The molecular formula is C16H15ClO3. The van der Waals surface area contributed by atoms with Crippen LogP contribution in [0, 0.1) is 13.8 Å². The summed E-state index contributed by atoms with van der Waals surface area (Å²) in [5.74, 6) is -0.164. The number of rotatable bonds is 3. The minimum Gasteiger partial charge on any atom is -0.496 e. The van der Waals surface area contributed by atoms with Crippen LogP contribution >= 0.6 is 11.6 Å². The lowest BCUT2D eigenvalue weighted by Gasteiger charge is -2.13. The van der Waals surface area contributed by atoms with E-state index in [0.717, 1.165) is 28.0 Å². The Bertz CT molecular complexity index is 678. The molecular weight excluding hydrogens is 276 g/mol. The average molecular weight is 291 g/mol. The van der Waals surface area contributed by atoms with E-state index in [0.29, 0.717) is 5.02 Å². The van der Waals surface area contributed by atoms with E-state index in [4.69, 9.17) is 21.4 Å². The third kappa shape index (κ3) is 2.63. The highest BCUT2D eigenvalue weighted by molar-refractivity contribution is 6.33. The van der Waals surface area contributed by atoms with Gasteiger partial charge in [0.15, 0.2) is 0 Å². The molecule has 0 saturated carbocycles. The second-order valence-electron chi connectivity index (χ2n) is 4.64. The largest absolute Gasteiger partial charge is 0.496 e. The smallest absolute Gasteiger partial charge is 0.335 e. The first kappa shape index (κ1) is 14.4. The lowest BCUT2D eigenvalue weighted by molar-refractivity contribution is 0.0697. The van der Waals surface area contributed by atoms with Crippen molar-refractivity contribution in [2.75, 3.05) is 7.11 Å². The number of benzene rings is 2. The van der Waals surface area contributed by atoms with Crippen molar-refractivity contribution in [1.29, 1.82) is 0 Å². The number of aryl methyl sites for hydroxylation is 2. The van der Waals surface area contributed by atoms with Crippen molar-refractivity contribution in [3.05, 3.63) is 52.0 Å². The second-order valence-corrected chi connectivity index (χ2v) is 5.04. The Morgan fingerprint density at radius 3 is 2.40 bits per heavy atom. The lowest BCUT2D eigenvalue weighted by atomic mass is 9.96. The summed E-state index contributed by atoms with van der Waals surface area (Å²) in [6, 6.07) is 8.59. The molecule has 0 aliphatic rings. The Labute approximate surface area is 122 Å². The first-order valence-electron chi connectivity index (χ1n) is 6.12. The van der Waals surface area contributed by atoms with Crippen molar-refractivity contribution in [3.63, 3.8) is 0 Å². The zero-order valence-electron chi connectivity index (χ0n) is 11.5. The molecule has 0 atom stereocenters. The monoisotopic (exact) mass is 290 g/mol. The number of carboxylic acid groups (broad SMARTS) is 1. The Morgan fingerprint density at radius 2 is 1.80 bits per heavy atom. The summed E-state index contributed by atoms with van der Waals surface area (Å²) in [6.07, 6.45) is 0. The highest BCUT2D eigenvalue weighted by atomic mass is 35.5. The third-order valence-corrected chi connectivity index (χ3v) is 3.57. The van der Waals surface area contributed by atoms with E-state index in [2.05, 4.69) is 0 Å². The molecule has 1 N–H and O–H groups in total. The van der Waals surface area contributed by atoms with Gasteiger partial charge >= 0.3 is 5.97 Å². The number of carboxylic acids is 1. The van der Waals surface area contributed by atoms with Gasteiger partial charge in [-0.2, -0.15) is 0 Å². The Kier molecular flexibility index (Phi) is 4.00. The number of hydrogen-bond donors (Lipinski definition) is 1. The lowest BCUT2D eigenvalue weighted by Crippen LogP contribution is -1.97.